The van der Waals surface area contributed by atoms with Crippen molar-refractivity contribution in [2.45, 2.75) is 10.9 Å². The number of carboxylic acids is 1. The normalized spacial score (nSPS) is 10.5. The molecule has 0 amide bonds. The van der Waals surface area contributed by atoms with Crippen LogP contribution in [0.1, 0.15) is 5.56 Å². The third kappa shape index (κ3) is 3.91. The van der Waals surface area contributed by atoms with Crippen LogP contribution in [0.4, 0.5) is 9.52 Å². The fourth-order valence-corrected chi connectivity index (χ4v) is 3.01. The largest absolute Gasteiger partial charge is 0.481 e. The van der Waals surface area contributed by atoms with Gasteiger partial charge in [0, 0.05) is 19.2 Å². The van der Waals surface area contributed by atoms with Gasteiger partial charge in [0.15, 0.2) is 4.34 Å². The summed E-state index contributed by atoms with van der Waals surface area (Å²) in [6.07, 6.45) is 0. The molecule has 0 aliphatic rings. The van der Waals surface area contributed by atoms with E-state index in [0.717, 1.165) is 11.8 Å². The van der Waals surface area contributed by atoms with Crippen LogP contribution in [0.15, 0.2) is 28.6 Å². The molecular formula is C12H12FN3O2S2. The lowest BCUT2D eigenvalue weighted by atomic mass is 10.2. The van der Waals surface area contributed by atoms with Crippen molar-refractivity contribution in [2.24, 2.45) is 0 Å². The number of aromatic nitrogens is 2. The van der Waals surface area contributed by atoms with Crippen LogP contribution in [0.25, 0.3) is 0 Å². The average molecular weight is 313 g/mol. The number of anilines is 1. The molecule has 20 heavy (non-hydrogen) atoms. The number of carboxylic acid groups (broad SMARTS) is 1. The highest BCUT2D eigenvalue weighted by Crippen LogP contribution is 2.28. The van der Waals surface area contributed by atoms with Gasteiger partial charge in [-0.15, -0.1) is 10.2 Å². The fraction of sp³-hybridized carbons (Fsp3) is 0.250. The van der Waals surface area contributed by atoms with Crippen molar-refractivity contribution >= 4 is 34.2 Å². The second-order valence-corrected chi connectivity index (χ2v) is 6.16. The molecule has 5 nitrogen and oxygen atoms in total. The van der Waals surface area contributed by atoms with Gasteiger partial charge in [-0.05, 0) is 6.07 Å². The van der Waals surface area contributed by atoms with Crippen molar-refractivity contribution in [3.8, 4) is 0 Å². The van der Waals surface area contributed by atoms with Gasteiger partial charge in [-0.3, -0.25) is 4.79 Å². The molecule has 2 rings (SSSR count). The number of hydrogen-bond acceptors (Lipinski definition) is 6. The topological polar surface area (TPSA) is 66.3 Å². The molecule has 0 atom stereocenters. The Morgan fingerprint density at radius 3 is 2.90 bits per heavy atom. The van der Waals surface area contributed by atoms with E-state index in [0.29, 0.717) is 21.6 Å². The van der Waals surface area contributed by atoms with Crippen LogP contribution < -0.4 is 4.90 Å². The van der Waals surface area contributed by atoms with Crippen molar-refractivity contribution in [3.05, 3.63) is 35.6 Å². The molecule has 0 spiro atoms. The molecule has 0 saturated carbocycles. The highest BCUT2D eigenvalue weighted by atomic mass is 32.2. The highest BCUT2D eigenvalue weighted by Gasteiger charge is 2.12. The minimum absolute atomic E-state index is 0.0499. The summed E-state index contributed by atoms with van der Waals surface area (Å²) in [5.41, 5.74) is 0.574. The van der Waals surface area contributed by atoms with Crippen LogP contribution in [-0.2, 0) is 11.3 Å². The van der Waals surface area contributed by atoms with Gasteiger partial charge in [-0.1, -0.05) is 41.3 Å². The summed E-state index contributed by atoms with van der Waals surface area (Å²) in [7, 11) is 1.79. The van der Waals surface area contributed by atoms with Gasteiger partial charge in [-0.2, -0.15) is 0 Å². The maximum atomic E-state index is 13.6. The standard InChI is InChI=1S/C12H12FN3O2S2/c1-16(6-8-4-2-3-5-9(8)13)11-14-15-12(20-11)19-7-10(17)18/h2-5H,6-7H2,1H3,(H,17,18). The monoisotopic (exact) mass is 313 g/mol. The van der Waals surface area contributed by atoms with Crippen LogP contribution in [0.5, 0.6) is 0 Å². The first-order valence-electron chi connectivity index (χ1n) is 5.69. The quantitative estimate of drug-likeness (QED) is 0.827. The van der Waals surface area contributed by atoms with E-state index in [1.165, 1.54) is 17.4 Å². The molecule has 8 heteroatoms. The molecule has 0 radical (unpaired) electrons. The first kappa shape index (κ1) is 14.7. The summed E-state index contributed by atoms with van der Waals surface area (Å²) in [5, 5.41) is 17.1. The highest BCUT2D eigenvalue weighted by molar-refractivity contribution is 8.01. The number of rotatable bonds is 6. The van der Waals surface area contributed by atoms with E-state index in [2.05, 4.69) is 10.2 Å². The van der Waals surface area contributed by atoms with Gasteiger partial charge >= 0.3 is 5.97 Å². The maximum absolute atomic E-state index is 13.6. The zero-order chi connectivity index (χ0) is 14.5. The summed E-state index contributed by atoms with van der Waals surface area (Å²) in [6, 6.07) is 6.55. The maximum Gasteiger partial charge on any atom is 0.313 e. The van der Waals surface area contributed by atoms with E-state index in [1.54, 1.807) is 30.1 Å². The number of thioether (sulfide) groups is 1. The predicted molar refractivity (Wildman–Crippen MR) is 76.8 cm³/mol. The number of nitrogens with zero attached hydrogens (tertiary/aromatic N) is 3. The van der Waals surface area contributed by atoms with Crippen molar-refractivity contribution in [2.75, 3.05) is 17.7 Å². The Kier molecular flexibility index (Phi) is 4.91. The molecule has 106 valence electrons. The number of benzene rings is 1. The number of aliphatic carboxylic acids is 1. The molecule has 2 aromatic rings. The van der Waals surface area contributed by atoms with Crippen LogP contribution in [-0.4, -0.2) is 34.1 Å². The van der Waals surface area contributed by atoms with Crippen LogP contribution >= 0.6 is 23.1 Å². The minimum Gasteiger partial charge on any atom is -0.481 e. The summed E-state index contributed by atoms with van der Waals surface area (Å²) in [5.74, 6) is -1.21. The lowest BCUT2D eigenvalue weighted by Gasteiger charge is -2.15. The Bertz CT molecular complexity index is 606. The molecule has 0 unspecified atom stereocenters. The molecule has 0 bridgehead atoms. The van der Waals surface area contributed by atoms with E-state index in [1.807, 2.05) is 0 Å². The zero-order valence-corrected chi connectivity index (χ0v) is 12.2. The Morgan fingerprint density at radius 2 is 2.20 bits per heavy atom. The second kappa shape index (κ2) is 6.67. The first-order chi connectivity index (χ1) is 9.56. The van der Waals surface area contributed by atoms with Crippen molar-refractivity contribution < 1.29 is 14.3 Å². The Morgan fingerprint density at radius 1 is 1.45 bits per heavy atom. The van der Waals surface area contributed by atoms with E-state index >= 15 is 0 Å². The van der Waals surface area contributed by atoms with Gasteiger partial charge in [0.1, 0.15) is 5.82 Å². The van der Waals surface area contributed by atoms with Gasteiger partial charge in [0.05, 0.1) is 5.75 Å². The van der Waals surface area contributed by atoms with E-state index in [-0.39, 0.29) is 11.6 Å². The van der Waals surface area contributed by atoms with E-state index in [4.69, 9.17) is 5.11 Å². The Hall–Kier alpha value is -1.67. The summed E-state index contributed by atoms with van der Waals surface area (Å²) in [4.78, 5) is 12.3. The van der Waals surface area contributed by atoms with Crippen LogP contribution in [0.2, 0.25) is 0 Å². The Labute approximate surface area is 123 Å². The number of hydrogen-bond donors (Lipinski definition) is 1. The second-order valence-electron chi connectivity index (χ2n) is 3.98. The summed E-state index contributed by atoms with van der Waals surface area (Å²) >= 11 is 2.41. The summed E-state index contributed by atoms with van der Waals surface area (Å²) < 4.78 is 14.1. The summed E-state index contributed by atoms with van der Waals surface area (Å²) in [6.45, 7) is 0.380. The van der Waals surface area contributed by atoms with Gasteiger partial charge < -0.3 is 10.0 Å². The molecular weight excluding hydrogens is 301 g/mol. The molecule has 0 saturated heterocycles. The van der Waals surface area contributed by atoms with Gasteiger partial charge in [0.2, 0.25) is 5.13 Å². The van der Waals surface area contributed by atoms with Crippen molar-refractivity contribution in [1.82, 2.24) is 10.2 Å². The first-order valence-corrected chi connectivity index (χ1v) is 7.49. The molecule has 1 aromatic carbocycles. The smallest absolute Gasteiger partial charge is 0.313 e. The lowest BCUT2D eigenvalue weighted by molar-refractivity contribution is -0.133. The third-order valence-corrected chi connectivity index (χ3v) is 4.56. The van der Waals surface area contributed by atoms with Crippen LogP contribution in [0.3, 0.4) is 0 Å². The number of carbonyl (C=O) groups is 1. The van der Waals surface area contributed by atoms with E-state index < -0.39 is 5.97 Å². The molecule has 1 N–H and O–H groups in total. The zero-order valence-electron chi connectivity index (χ0n) is 10.6. The average Bonchev–Trinajstić information content (AvgIpc) is 2.88. The van der Waals surface area contributed by atoms with E-state index in [9.17, 15) is 9.18 Å². The fourth-order valence-electron chi connectivity index (χ4n) is 1.49. The minimum atomic E-state index is -0.897. The molecule has 0 aliphatic heterocycles. The van der Waals surface area contributed by atoms with Gasteiger partial charge in [0.25, 0.3) is 0 Å². The molecule has 1 heterocycles. The molecule has 1 aromatic heterocycles. The lowest BCUT2D eigenvalue weighted by Crippen LogP contribution is -2.16. The van der Waals surface area contributed by atoms with Crippen molar-refractivity contribution in [3.63, 3.8) is 0 Å². The SMILES string of the molecule is CN(Cc1ccccc1F)c1nnc(SCC(=O)O)s1. The number of halogens is 1. The molecule has 0 aliphatic carbocycles. The van der Waals surface area contributed by atoms with Crippen LogP contribution in [0, 0.1) is 5.82 Å². The van der Waals surface area contributed by atoms with Crippen molar-refractivity contribution in [1.29, 1.82) is 0 Å². The third-order valence-electron chi connectivity index (χ3n) is 2.41. The van der Waals surface area contributed by atoms with Gasteiger partial charge in [-0.25, -0.2) is 4.39 Å². The Balaban J connectivity index is 2.01. The molecule has 0 fully saturated rings. The predicted octanol–water partition coefficient (Wildman–Crippen LogP) is 2.49.